The van der Waals surface area contributed by atoms with E-state index in [0.29, 0.717) is 11.6 Å². The minimum atomic E-state index is -0.287. The fourth-order valence-electron chi connectivity index (χ4n) is 4.49. The molecule has 1 N–H and O–H groups in total. The minimum Gasteiger partial charge on any atom is -0.354 e. The summed E-state index contributed by atoms with van der Waals surface area (Å²) in [7, 11) is 0. The molecule has 174 valence electrons. The predicted octanol–water partition coefficient (Wildman–Crippen LogP) is 5.28. The summed E-state index contributed by atoms with van der Waals surface area (Å²) < 4.78 is 15.0. The number of aromatic nitrogens is 3. The molecule has 0 saturated carbocycles. The van der Waals surface area contributed by atoms with E-state index in [2.05, 4.69) is 15.2 Å². The Morgan fingerprint density at radius 3 is 2.82 bits per heavy atom. The van der Waals surface area contributed by atoms with Gasteiger partial charge in [0.1, 0.15) is 11.3 Å². The molecule has 5 rings (SSSR count). The quantitative estimate of drug-likeness (QED) is 0.424. The van der Waals surface area contributed by atoms with Crippen molar-refractivity contribution in [2.45, 2.75) is 25.8 Å². The van der Waals surface area contributed by atoms with Crippen molar-refractivity contribution >= 4 is 28.8 Å². The summed E-state index contributed by atoms with van der Waals surface area (Å²) >= 11 is 6.16. The van der Waals surface area contributed by atoms with Crippen molar-refractivity contribution in [3.8, 4) is 11.3 Å². The van der Waals surface area contributed by atoms with E-state index in [4.69, 9.17) is 16.7 Å². The van der Waals surface area contributed by atoms with Crippen LogP contribution in [0.1, 0.15) is 31.4 Å². The number of carbonyl (C=O) groups excluding carboxylic acids is 1. The van der Waals surface area contributed by atoms with Crippen LogP contribution in [0.15, 0.2) is 67.0 Å². The van der Waals surface area contributed by atoms with Crippen LogP contribution in [0.25, 0.3) is 16.8 Å². The Hall–Kier alpha value is -3.45. The molecule has 0 spiro atoms. The van der Waals surface area contributed by atoms with Gasteiger partial charge in [-0.1, -0.05) is 35.9 Å². The molecule has 4 aromatic rings. The number of nitrogens with zero attached hydrogens (tertiary/aromatic N) is 4. The van der Waals surface area contributed by atoms with Crippen LogP contribution in [0, 0.1) is 11.7 Å². The van der Waals surface area contributed by atoms with Gasteiger partial charge in [0.15, 0.2) is 5.82 Å². The third-order valence-electron chi connectivity index (χ3n) is 6.31. The first-order valence-corrected chi connectivity index (χ1v) is 11.8. The maximum atomic E-state index is 13.2. The second kappa shape index (κ2) is 9.43. The largest absolute Gasteiger partial charge is 0.354 e. The van der Waals surface area contributed by atoms with Crippen LogP contribution in [0.5, 0.6) is 0 Å². The van der Waals surface area contributed by atoms with Gasteiger partial charge >= 0.3 is 0 Å². The zero-order valence-electron chi connectivity index (χ0n) is 18.8. The lowest BCUT2D eigenvalue weighted by Gasteiger charge is -2.33. The SMILES string of the molecule is C[C@@H](NC(=O)[C@@H]1CCCN(c2nccn3nc(-c4cccc(Cl)c4)cc23)C1)c1ccc(F)cc1. The number of hydrogen-bond acceptors (Lipinski definition) is 4. The number of carbonyl (C=O) groups is 1. The predicted molar refractivity (Wildman–Crippen MR) is 131 cm³/mol. The highest BCUT2D eigenvalue weighted by molar-refractivity contribution is 6.30. The van der Waals surface area contributed by atoms with Gasteiger partial charge in [-0.15, -0.1) is 0 Å². The van der Waals surface area contributed by atoms with Crippen molar-refractivity contribution in [1.82, 2.24) is 19.9 Å². The first kappa shape index (κ1) is 22.3. The van der Waals surface area contributed by atoms with Crippen LogP contribution < -0.4 is 10.2 Å². The molecule has 0 unspecified atom stereocenters. The van der Waals surface area contributed by atoms with E-state index in [1.165, 1.54) is 12.1 Å². The Labute approximate surface area is 202 Å². The Bertz CT molecular complexity index is 1320. The summed E-state index contributed by atoms with van der Waals surface area (Å²) in [6, 6.07) is 15.7. The number of rotatable bonds is 5. The molecule has 1 saturated heterocycles. The van der Waals surface area contributed by atoms with E-state index in [-0.39, 0.29) is 23.7 Å². The lowest BCUT2D eigenvalue weighted by Crippen LogP contribution is -2.44. The second-order valence-electron chi connectivity index (χ2n) is 8.69. The van der Waals surface area contributed by atoms with Crippen LogP contribution in [-0.2, 0) is 4.79 Å². The van der Waals surface area contributed by atoms with Crippen LogP contribution >= 0.6 is 11.6 Å². The average Bonchev–Trinajstić information content (AvgIpc) is 3.29. The first-order chi connectivity index (χ1) is 16.5. The third kappa shape index (κ3) is 4.61. The highest BCUT2D eigenvalue weighted by Crippen LogP contribution is 2.29. The standard InChI is InChI=1S/C26H25ClFN5O/c1-17(18-7-9-22(28)10-8-18)30-26(34)20-5-3-12-32(16-20)25-24-15-23(31-33(24)13-11-29-25)19-4-2-6-21(27)14-19/h2,4,6-11,13-15,17,20H,3,5,12,16H2,1H3,(H,30,34)/t17-,20-/m1/s1. The summed E-state index contributed by atoms with van der Waals surface area (Å²) in [5, 5.41) is 8.44. The molecule has 8 heteroatoms. The topological polar surface area (TPSA) is 62.5 Å². The smallest absolute Gasteiger partial charge is 0.225 e. The zero-order chi connectivity index (χ0) is 23.7. The van der Waals surface area contributed by atoms with Crippen molar-refractivity contribution in [3.63, 3.8) is 0 Å². The van der Waals surface area contributed by atoms with E-state index in [9.17, 15) is 9.18 Å². The van der Waals surface area contributed by atoms with Gasteiger partial charge in [-0.25, -0.2) is 13.9 Å². The molecular weight excluding hydrogens is 453 g/mol. The molecule has 2 atom stereocenters. The third-order valence-corrected chi connectivity index (χ3v) is 6.55. The number of hydrogen-bond donors (Lipinski definition) is 1. The Morgan fingerprint density at radius 1 is 1.21 bits per heavy atom. The van der Waals surface area contributed by atoms with E-state index in [1.807, 2.05) is 48.0 Å². The Morgan fingerprint density at radius 2 is 2.03 bits per heavy atom. The number of benzene rings is 2. The van der Waals surface area contributed by atoms with Crippen molar-refractivity contribution in [2.75, 3.05) is 18.0 Å². The summed E-state index contributed by atoms with van der Waals surface area (Å²) in [6.07, 6.45) is 5.26. The van der Waals surface area contributed by atoms with Gasteiger partial charge in [-0.2, -0.15) is 5.10 Å². The van der Waals surface area contributed by atoms with Crippen molar-refractivity contribution < 1.29 is 9.18 Å². The van der Waals surface area contributed by atoms with Crippen LogP contribution in [0.2, 0.25) is 5.02 Å². The molecule has 0 aliphatic carbocycles. The molecule has 1 fully saturated rings. The highest BCUT2D eigenvalue weighted by atomic mass is 35.5. The monoisotopic (exact) mass is 477 g/mol. The Balaban J connectivity index is 1.34. The zero-order valence-corrected chi connectivity index (χ0v) is 19.5. The van der Waals surface area contributed by atoms with Crippen molar-refractivity contribution in [1.29, 1.82) is 0 Å². The van der Waals surface area contributed by atoms with Gasteiger partial charge in [0.25, 0.3) is 0 Å². The van der Waals surface area contributed by atoms with Gasteiger partial charge in [-0.3, -0.25) is 4.79 Å². The van der Waals surface area contributed by atoms with E-state index >= 15 is 0 Å². The molecule has 34 heavy (non-hydrogen) atoms. The van der Waals surface area contributed by atoms with Crippen molar-refractivity contribution in [2.24, 2.45) is 5.92 Å². The second-order valence-corrected chi connectivity index (χ2v) is 9.12. The summed E-state index contributed by atoms with van der Waals surface area (Å²) in [5.74, 6) is 0.369. The molecule has 2 aromatic carbocycles. The van der Waals surface area contributed by atoms with Crippen LogP contribution in [0.3, 0.4) is 0 Å². The number of nitrogens with one attached hydrogen (secondary N) is 1. The minimum absolute atomic E-state index is 0.00148. The maximum absolute atomic E-state index is 13.2. The van der Waals surface area contributed by atoms with Gasteiger partial charge in [0.05, 0.1) is 17.7 Å². The van der Waals surface area contributed by atoms with Crippen molar-refractivity contribution in [3.05, 3.63) is 83.4 Å². The number of halogens is 2. The summed E-state index contributed by atoms with van der Waals surface area (Å²) in [6.45, 7) is 3.31. The normalized spacial score (nSPS) is 17.0. The molecule has 2 aromatic heterocycles. The molecule has 0 radical (unpaired) electrons. The van der Waals surface area contributed by atoms with Crippen LogP contribution in [0.4, 0.5) is 10.2 Å². The van der Waals surface area contributed by atoms with Gasteiger partial charge < -0.3 is 10.2 Å². The lowest BCUT2D eigenvalue weighted by atomic mass is 9.96. The van der Waals surface area contributed by atoms with E-state index < -0.39 is 0 Å². The fraction of sp³-hybridized carbons (Fsp3) is 0.269. The van der Waals surface area contributed by atoms with E-state index in [1.54, 1.807) is 18.3 Å². The molecule has 1 amide bonds. The van der Waals surface area contributed by atoms with Gasteiger partial charge in [-0.05, 0) is 55.7 Å². The molecule has 6 nitrogen and oxygen atoms in total. The molecule has 1 aliphatic rings. The van der Waals surface area contributed by atoms with Gasteiger partial charge in [0.2, 0.25) is 5.91 Å². The number of anilines is 1. The number of piperidine rings is 1. The molecule has 3 heterocycles. The van der Waals surface area contributed by atoms with E-state index in [0.717, 1.165) is 47.5 Å². The lowest BCUT2D eigenvalue weighted by molar-refractivity contribution is -0.125. The fourth-order valence-corrected chi connectivity index (χ4v) is 4.68. The van der Waals surface area contributed by atoms with Gasteiger partial charge in [0, 0.05) is 36.1 Å². The maximum Gasteiger partial charge on any atom is 0.225 e. The average molecular weight is 478 g/mol. The van der Waals surface area contributed by atoms with Crippen LogP contribution in [-0.4, -0.2) is 33.6 Å². The number of fused-ring (bicyclic) bond motifs is 1. The highest BCUT2D eigenvalue weighted by Gasteiger charge is 2.28. The number of amides is 1. The Kier molecular flexibility index (Phi) is 6.20. The molecule has 1 aliphatic heterocycles. The molecule has 0 bridgehead atoms. The summed E-state index contributed by atoms with van der Waals surface area (Å²) in [5.41, 5.74) is 3.52. The summed E-state index contributed by atoms with van der Waals surface area (Å²) in [4.78, 5) is 19.8. The molecular formula is C26H25ClFN5O. The first-order valence-electron chi connectivity index (χ1n) is 11.4.